The van der Waals surface area contributed by atoms with Crippen LogP contribution in [0.3, 0.4) is 0 Å². The number of carbonyl (C=O) groups is 1. The standard InChI is InChI=1S/C54H109NO5/c1-3-5-7-9-11-13-15-17-19-21-23-25-26-28-29-31-33-35-37-39-41-43-45-47-51(57)53(59)50(49-56)55-54(60)52(58)48-46-44-42-40-38-36-34-32-30-27-24-22-20-18-16-14-12-10-8-6-4-2/h50-53,56-59H,3-49H2,1-2H3,(H,55,60). The van der Waals surface area contributed by atoms with Crippen molar-refractivity contribution in [3.05, 3.63) is 0 Å². The van der Waals surface area contributed by atoms with E-state index in [-0.39, 0.29) is 0 Å². The molecule has 0 spiro atoms. The van der Waals surface area contributed by atoms with Crippen LogP contribution < -0.4 is 5.32 Å². The Morgan fingerprint density at radius 1 is 0.350 bits per heavy atom. The highest BCUT2D eigenvalue weighted by molar-refractivity contribution is 5.80. The zero-order valence-corrected chi connectivity index (χ0v) is 40.7. The van der Waals surface area contributed by atoms with Crippen LogP contribution in [0.15, 0.2) is 0 Å². The molecule has 0 aliphatic heterocycles. The summed E-state index contributed by atoms with van der Waals surface area (Å²) < 4.78 is 0. The summed E-state index contributed by atoms with van der Waals surface area (Å²) in [6, 6.07) is -0.980. The summed E-state index contributed by atoms with van der Waals surface area (Å²) in [7, 11) is 0. The summed E-state index contributed by atoms with van der Waals surface area (Å²) in [6.45, 7) is 4.10. The number of aliphatic hydroxyl groups excluding tert-OH is 4. The Labute approximate surface area is 375 Å². The Morgan fingerprint density at radius 2 is 0.567 bits per heavy atom. The van der Waals surface area contributed by atoms with Gasteiger partial charge in [-0.15, -0.1) is 0 Å². The molecule has 6 nitrogen and oxygen atoms in total. The van der Waals surface area contributed by atoms with E-state index in [0.717, 1.165) is 38.5 Å². The molecule has 6 heteroatoms. The van der Waals surface area contributed by atoms with Crippen molar-refractivity contribution in [1.82, 2.24) is 5.32 Å². The Hall–Kier alpha value is -0.690. The second kappa shape index (κ2) is 49.3. The third kappa shape index (κ3) is 42.6. The molecule has 0 radical (unpaired) electrons. The van der Waals surface area contributed by atoms with Crippen molar-refractivity contribution in [2.24, 2.45) is 0 Å². The second-order valence-corrected chi connectivity index (χ2v) is 19.3. The predicted octanol–water partition coefficient (Wildman–Crippen LogP) is 15.5. The summed E-state index contributed by atoms with van der Waals surface area (Å²) in [5, 5.41) is 44.0. The van der Waals surface area contributed by atoms with E-state index in [9.17, 15) is 25.2 Å². The van der Waals surface area contributed by atoms with Gasteiger partial charge in [-0.1, -0.05) is 296 Å². The molecule has 0 saturated heterocycles. The lowest BCUT2D eigenvalue weighted by Gasteiger charge is -2.27. The maximum atomic E-state index is 12.6. The lowest BCUT2D eigenvalue weighted by Crippen LogP contribution is -2.53. The van der Waals surface area contributed by atoms with Crippen LogP contribution in [0.1, 0.15) is 309 Å². The van der Waals surface area contributed by atoms with Gasteiger partial charge in [0.15, 0.2) is 0 Å². The van der Waals surface area contributed by atoms with Gasteiger partial charge in [0.05, 0.1) is 18.8 Å². The van der Waals surface area contributed by atoms with E-state index in [1.165, 1.54) is 244 Å². The van der Waals surface area contributed by atoms with Crippen molar-refractivity contribution >= 4 is 5.91 Å². The maximum absolute atomic E-state index is 12.6. The van der Waals surface area contributed by atoms with Crippen molar-refractivity contribution < 1.29 is 25.2 Å². The Bertz CT molecular complexity index is 826. The van der Waals surface area contributed by atoms with Crippen LogP contribution in [0.5, 0.6) is 0 Å². The molecule has 4 unspecified atom stereocenters. The number of carbonyl (C=O) groups excluding carboxylic acids is 1. The molecular formula is C54H109NO5. The molecule has 0 rings (SSSR count). The molecular weight excluding hydrogens is 743 g/mol. The molecule has 1 amide bonds. The fraction of sp³-hybridized carbons (Fsp3) is 0.981. The van der Waals surface area contributed by atoms with Crippen LogP contribution >= 0.6 is 0 Å². The van der Waals surface area contributed by atoms with Gasteiger partial charge in [-0.05, 0) is 12.8 Å². The molecule has 0 aromatic heterocycles. The lowest BCUT2D eigenvalue weighted by molar-refractivity contribution is -0.132. The number of rotatable bonds is 51. The zero-order valence-electron chi connectivity index (χ0n) is 40.7. The summed E-state index contributed by atoms with van der Waals surface area (Å²) in [4.78, 5) is 12.6. The highest BCUT2D eigenvalue weighted by atomic mass is 16.3. The molecule has 0 aromatic rings. The lowest BCUT2D eigenvalue weighted by atomic mass is 9.99. The van der Waals surface area contributed by atoms with Gasteiger partial charge in [-0.25, -0.2) is 0 Å². The molecule has 0 aliphatic carbocycles. The molecule has 0 aliphatic rings. The summed E-state index contributed by atoms with van der Waals surface area (Å²) in [5.41, 5.74) is 0. The molecule has 0 saturated carbocycles. The summed E-state index contributed by atoms with van der Waals surface area (Å²) >= 11 is 0. The average Bonchev–Trinajstić information content (AvgIpc) is 3.25. The monoisotopic (exact) mass is 852 g/mol. The van der Waals surface area contributed by atoms with Crippen LogP contribution in [0, 0.1) is 0 Å². The first-order valence-electron chi connectivity index (χ1n) is 27.4. The zero-order chi connectivity index (χ0) is 43.8. The number of unbranched alkanes of at least 4 members (excludes halogenated alkanes) is 42. The Morgan fingerprint density at radius 3 is 0.800 bits per heavy atom. The fourth-order valence-electron chi connectivity index (χ4n) is 9.00. The van der Waals surface area contributed by atoms with Crippen molar-refractivity contribution in [2.45, 2.75) is 334 Å². The highest BCUT2D eigenvalue weighted by Crippen LogP contribution is 2.19. The average molecular weight is 852 g/mol. The van der Waals surface area contributed by atoms with Gasteiger partial charge in [0.1, 0.15) is 12.2 Å². The number of amides is 1. The van der Waals surface area contributed by atoms with Crippen LogP contribution in [-0.2, 0) is 4.79 Å². The minimum atomic E-state index is -1.25. The van der Waals surface area contributed by atoms with E-state index < -0.39 is 36.9 Å². The van der Waals surface area contributed by atoms with E-state index in [1.807, 2.05) is 0 Å². The molecule has 0 aromatic carbocycles. The molecule has 60 heavy (non-hydrogen) atoms. The second-order valence-electron chi connectivity index (χ2n) is 19.3. The largest absolute Gasteiger partial charge is 0.394 e. The molecule has 0 fully saturated rings. The van der Waals surface area contributed by atoms with Crippen molar-refractivity contribution in [2.75, 3.05) is 6.61 Å². The van der Waals surface area contributed by atoms with Crippen molar-refractivity contribution in [1.29, 1.82) is 0 Å². The smallest absolute Gasteiger partial charge is 0.249 e. The van der Waals surface area contributed by atoms with E-state index in [0.29, 0.717) is 12.8 Å². The first-order chi connectivity index (χ1) is 29.5. The minimum Gasteiger partial charge on any atom is -0.394 e. The van der Waals surface area contributed by atoms with Gasteiger partial charge >= 0.3 is 0 Å². The van der Waals surface area contributed by atoms with E-state index in [2.05, 4.69) is 19.2 Å². The van der Waals surface area contributed by atoms with E-state index in [1.54, 1.807) is 0 Å². The molecule has 360 valence electrons. The van der Waals surface area contributed by atoms with Crippen LogP contribution in [0.25, 0.3) is 0 Å². The van der Waals surface area contributed by atoms with E-state index >= 15 is 0 Å². The highest BCUT2D eigenvalue weighted by Gasteiger charge is 2.28. The third-order valence-electron chi connectivity index (χ3n) is 13.3. The van der Waals surface area contributed by atoms with Gasteiger partial charge in [0.2, 0.25) is 5.91 Å². The van der Waals surface area contributed by atoms with Gasteiger partial charge in [-0.2, -0.15) is 0 Å². The van der Waals surface area contributed by atoms with Gasteiger partial charge < -0.3 is 25.7 Å². The fourth-order valence-corrected chi connectivity index (χ4v) is 9.00. The number of hydrogen-bond donors (Lipinski definition) is 5. The Kier molecular flexibility index (Phi) is 48.8. The molecule has 0 heterocycles. The van der Waals surface area contributed by atoms with E-state index in [4.69, 9.17) is 0 Å². The van der Waals surface area contributed by atoms with Crippen molar-refractivity contribution in [3.8, 4) is 0 Å². The van der Waals surface area contributed by atoms with Gasteiger partial charge in [-0.3, -0.25) is 4.79 Å². The predicted molar refractivity (Wildman–Crippen MR) is 261 cm³/mol. The van der Waals surface area contributed by atoms with Crippen LogP contribution in [-0.4, -0.2) is 57.3 Å². The quantitative estimate of drug-likeness (QED) is 0.0392. The maximum Gasteiger partial charge on any atom is 0.249 e. The number of nitrogens with one attached hydrogen (secondary N) is 1. The van der Waals surface area contributed by atoms with Gasteiger partial charge in [0, 0.05) is 0 Å². The summed E-state index contributed by atoms with van der Waals surface area (Å²) in [6.07, 6.45) is 55.9. The number of hydrogen-bond acceptors (Lipinski definition) is 5. The topological polar surface area (TPSA) is 110 Å². The first kappa shape index (κ1) is 59.3. The van der Waals surface area contributed by atoms with Crippen molar-refractivity contribution in [3.63, 3.8) is 0 Å². The number of aliphatic hydroxyl groups is 4. The third-order valence-corrected chi connectivity index (χ3v) is 13.3. The SMILES string of the molecule is CCCCCCCCCCCCCCCCCCCCCCCCCC(O)C(O)C(CO)NC(=O)C(O)CCCCCCCCCCCCCCCCCCCCCCC. The molecule has 4 atom stereocenters. The first-order valence-corrected chi connectivity index (χ1v) is 27.4. The van der Waals surface area contributed by atoms with Crippen LogP contribution in [0.4, 0.5) is 0 Å². The summed E-state index contributed by atoms with van der Waals surface area (Å²) in [5.74, 6) is -0.576. The normalized spacial score (nSPS) is 13.8. The van der Waals surface area contributed by atoms with Crippen LogP contribution in [0.2, 0.25) is 0 Å². The Balaban J connectivity index is 3.60. The molecule has 5 N–H and O–H groups in total. The minimum absolute atomic E-state index is 0.376. The van der Waals surface area contributed by atoms with Gasteiger partial charge in [0.25, 0.3) is 0 Å². The molecule has 0 bridgehead atoms.